The molecule has 4 aromatic rings. The molecule has 2 aliphatic heterocycles. The van der Waals surface area contributed by atoms with Crippen LogP contribution >= 0.6 is 0 Å². The molecule has 1 amide bonds. The number of hydrogen-bond donors (Lipinski definition) is 2. The number of likely N-dealkylation sites (N-methyl/N-ethyl adjacent to an activating group) is 1. The van der Waals surface area contributed by atoms with Gasteiger partial charge in [-0.25, -0.2) is 4.98 Å². The summed E-state index contributed by atoms with van der Waals surface area (Å²) in [4.78, 5) is 42.2. The number of amides is 1. The second kappa shape index (κ2) is 9.35. The van der Waals surface area contributed by atoms with Crippen LogP contribution in [0.2, 0.25) is 0 Å². The minimum absolute atomic E-state index is 0.0667. The van der Waals surface area contributed by atoms with Crippen LogP contribution in [0.15, 0.2) is 60.4 Å². The topological polar surface area (TPSA) is 130 Å². The fourth-order valence-electron chi connectivity index (χ4n) is 5.00. The summed E-state index contributed by atoms with van der Waals surface area (Å²) in [7, 11) is 4.96. The first-order chi connectivity index (χ1) is 18.9. The fourth-order valence-corrected chi connectivity index (χ4v) is 5.00. The number of hydrogen-bond acceptors (Lipinski definition) is 9. The third-order valence-corrected chi connectivity index (χ3v) is 6.98. The highest BCUT2D eigenvalue weighted by atomic mass is 16.5. The molecule has 0 spiro atoms. The molecular formula is C28H25N5O6. The fraction of sp³-hybridized carbons (Fsp3) is 0.214. The summed E-state index contributed by atoms with van der Waals surface area (Å²) in [5.74, 6) is -0.207. The molecule has 2 aromatic carbocycles. The molecule has 0 aliphatic carbocycles. The van der Waals surface area contributed by atoms with E-state index in [1.54, 1.807) is 54.9 Å². The summed E-state index contributed by atoms with van der Waals surface area (Å²) >= 11 is 0. The molecule has 6 rings (SSSR count). The Morgan fingerprint density at radius 1 is 1.13 bits per heavy atom. The molecule has 0 bridgehead atoms. The number of methoxy groups -OCH3 is 2. The third kappa shape index (κ3) is 3.90. The Morgan fingerprint density at radius 3 is 2.67 bits per heavy atom. The number of nitrogens with zero attached hydrogens (tertiary/aromatic N) is 4. The molecule has 1 atom stereocenters. The number of nitrogens with one attached hydrogen (secondary N) is 1. The van der Waals surface area contributed by atoms with Crippen LogP contribution in [0.4, 0.5) is 11.6 Å². The lowest BCUT2D eigenvalue weighted by molar-refractivity contribution is -0.132. The molecule has 11 nitrogen and oxygen atoms in total. The largest absolute Gasteiger partial charge is 0.507 e. The van der Waals surface area contributed by atoms with E-state index in [4.69, 9.17) is 14.2 Å². The minimum atomic E-state index is -0.979. The van der Waals surface area contributed by atoms with Gasteiger partial charge in [-0.05, 0) is 29.8 Å². The molecule has 11 heteroatoms. The molecule has 4 heterocycles. The Kier molecular flexibility index (Phi) is 5.82. The SMILES string of the molecule is COc1cc2nc(N3C(=O)C(=O)/C(=C(/O)c4ccc5c(c4)N(C)CCO5)C3c3cccnc3)[nH]c2cc1OC. The Hall–Kier alpha value is -5.06. The smallest absolute Gasteiger partial charge is 0.302 e. The van der Waals surface area contributed by atoms with Gasteiger partial charge >= 0.3 is 5.91 Å². The van der Waals surface area contributed by atoms with E-state index in [9.17, 15) is 14.7 Å². The zero-order valence-corrected chi connectivity index (χ0v) is 21.5. The molecule has 1 unspecified atom stereocenters. The molecule has 2 aliphatic rings. The zero-order valence-electron chi connectivity index (χ0n) is 21.5. The number of anilines is 2. The Morgan fingerprint density at radius 2 is 1.92 bits per heavy atom. The molecule has 2 aromatic heterocycles. The first-order valence-electron chi connectivity index (χ1n) is 12.2. The van der Waals surface area contributed by atoms with Crippen molar-refractivity contribution in [2.24, 2.45) is 0 Å². The lowest BCUT2D eigenvalue weighted by atomic mass is 9.96. The van der Waals surface area contributed by atoms with E-state index in [-0.39, 0.29) is 17.3 Å². The molecule has 1 saturated heterocycles. The molecule has 2 N–H and O–H groups in total. The van der Waals surface area contributed by atoms with Crippen LogP contribution in [-0.2, 0) is 9.59 Å². The first kappa shape index (κ1) is 24.3. The number of rotatable bonds is 5. The van der Waals surface area contributed by atoms with Gasteiger partial charge in [0, 0.05) is 37.1 Å². The molecule has 0 saturated carbocycles. The minimum Gasteiger partial charge on any atom is -0.507 e. The van der Waals surface area contributed by atoms with Crippen molar-refractivity contribution < 1.29 is 28.9 Å². The lowest BCUT2D eigenvalue weighted by Gasteiger charge is -2.28. The number of aromatic nitrogens is 3. The monoisotopic (exact) mass is 527 g/mol. The van der Waals surface area contributed by atoms with Crippen LogP contribution in [0.5, 0.6) is 17.2 Å². The van der Waals surface area contributed by atoms with Crippen LogP contribution < -0.4 is 24.0 Å². The lowest BCUT2D eigenvalue weighted by Crippen LogP contribution is -2.30. The zero-order chi connectivity index (χ0) is 27.3. The number of pyridine rings is 1. The predicted molar refractivity (Wildman–Crippen MR) is 143 cm³/mol. The molecule has 39 heavy (non-hydrogen) atoms. The number of carbonyl (C=O) groups excluding carboxylic acids is 2. The van der Waals surface area contributed by atoms with Crippen LogP contribution in [0.3, 0.4) is 0 Å². The summed E-state index contributed by atoms with van der Waals surface area (Å²) in [5, 5.41) is 11.5. The molecule has 1 fully saturated rings. The van der Waals surface area contributed by atoms with Gasteiger partial charge in [-0.2, -0.15) is 0 Å². The van der Waals surface area contributed by atoms with Gasteiger partial charge in [0.1, 0.15) is 18.1 Å². The van der Waals surface area contributed by atoms with Crippen molar-refractivity contribution in [1.29, 1.82) is 0 Å². The van der Waals surface area contributed by atoms with Gasteiger partial charge < -0.3 is 29.2 Å². The summed E-state index contributed by atoms with van der Waals surface area (Å²) in [6.07, 6.45) is 3.15. The van der Waals surface area contributed by atoms with Crippen molar-refractivity contribution in [3.8, 4) is 17.2 Å². The number of ether oxygens (including phenoxy) is 3. The van der Waals surface area contributed by atoms with Crippen molar-refractivity contribution in [2.45, 2.75) is 6.04 Å². The predicted octanol–water partition coefficient (Wildman–Crippen LogP) is 3.43. The quantitative estimate of drug-likeness (QED) is 0.228. The van der Waals surface area contributed by atoms with Crippen LogP contribution in [-0.4, -0.2) is 66.2 Å². The van der Waals surface area contributed by atoms with Gasteiger partial charge in [0.15, 0.2) is 11.5 Å². The van der Waals surface area contributed by atoms with Gasteiger partial charge in [0.05, 0.1) is 49.1 Å². The highest BCUT2D eigenvalue weighted by Crippen LogP contribution is 2.43. The average molecular weight is 528 g/mol. The second-order valence-electron chi connectivity index (χ2n) is 9.19. The van der Waals surface area contributed by atoms with Gasteiger partial charge in [-0.3, -0.25) is 19.5 Å². The average Bonchev–Trinajstić information content (AvgIpc) is 3.49. The van der Waals surface area contributed by atoms with E-state index in [2.05, 4.69) is 15.0 Å². The van der Waals surface area contributed by atoms with Crippen molar-refractivity contribution in [3.05, 3.63) is 71.6 Å². The number of aromatic amines is 1. The maximum absolute atomic E-state index is 13.5. The number of Topliss-reactive ketones (excluding diaryl/α,β-unsaturated/α-hetero) is 1. The van der Waals surface area contributed by atoms with E-state index in [0.29, 0.717) is 52.6 Å². The number of fused-ring (bicyclic) bond motifs is 2. The van der Waals surface area contributed by atoms with Gasteiger partial charge in [0.25, 0.3) is 5.78 Å². The summed E-state index contributed by atoms with van der Waals surface area (Å²) < 4.78 is 16.5. The van der Waals surface area contributed by atoms with E-state index in [0.717, 1.165) is 5.69 Å². The number of benzene rings is 2. The Bertz CT molecular complexity index is 1610. The molecule has 0 radical (unpaired) electrons. The van der Waals surface area contributed by atoms with E-state index in [1.165, 1.54) is 19.1 Å². The van der Waals surface area contributed by atoms with Crippen LogP contribution in [0.1, 0.15) is 17.2 Å². The number of aliphatic hydroxyl groups excluding tert-OH is 1. The Labute approximate surface area is 223 Å². The normalized spacial score (nSPS) is 18.3. The second-order valence-corrected chi connectivity index (χ2v) is 9.19. The Balaban J connectivity index is 1.52. The van der Waals surface area contributed by atoms with Gasteiger partial charge in [-0.15, -0.1) is 0 Å². The number of aliphatic hydroxyl groups is 1. The van der Waals surface area contributed by atoms with Crippen molar-refractivity contribution in [1.82, 2.24) is 15.0 Å². The highest BCUT2D eigenvalue weighted by molar-refractivity contribution is 6.51. The summed E-state index contributed by atoms with van der Waals surface area (Å²) in [6.45, 7) is 1.23. The molecular weight excluding hydrogens is 502 g/mol. The summed E-state index contributed by atoms with van der Waals surface area (Å²) in [5.41, 5.74) is 2.71. The van der Waals surface area contributed by atoms with E-state index in [1.807, 2.05) is 11.9 Å². The number of H-pyrrole nitrogens is 1. The van der Waals surface area contributed by atoms with Crippen molar-refractivity contribution >= 4 is 40.1 Å². The standard InChI is InChI=1S/C28H25N5O6/c1-32-9-10-39-20-7-6-15(11-19(20)32)25(34)23-24(16-5-4-8-29-14-16)33(27(36)26(23)35)28-30-17-12-21(37-2)22(38-3)13-18(17)31-28/h4-8,11-14,24,34H,9-10H2,1-3H3,(H,30,31)/b25-23+. The number of imidazole rings is 1. The maximum atomic E-state index is 13.5. The number of ketones is 1. The first-order valence-corrected chi connectivity index (χ1v) is 12.2. The van der Waals surface area contributed by atoms with Gasteiger partial charge in [-0.1, -0.05) is 6.07 Å². The van der Waals surface area contributed by atoms with Crippen molar-refractivity contribution in [2.75, 3.05) is 44.2 Å². The van der Waals surface area contributed by atoms with Gasteiger partial charge in [0.2, 0.25) is 5.95 Å². The number of carbonyl (C=O) groups is 2. The summed E-state index contributed by atoms with van der Waals surface area (Å²) in [6, 6.07) is 11.0. The van der Waals surface area contributed by atoms with Crippen molar-refractivity contribution in [3.63, 3.8) is 0 Å². The third-order valence-electron chi connectivity index (χ3n) is 6.98. The van der Waals surface area contributed by atoms with Crippen LogP contribution in [0.25, 0.3) is 16.8 Å². The maximum Gasteiger partial charge on any atom is 0.302 e. The van der Waals surface area contributed by atoms with E-state index < -0.39 is 17.7 Å². The molecule has 198 valence electrons. The van der Waals surface area contributed by atoms with Crippen LogP contribution in [0, 0.1) is 0 Å². The van der Waals surface area contributed by atoms with E-state index >= 15 is 0 Å². The highest BCUT2D eigenvalue weighted by Gasteiger charge is 2.48.